The van der Waals surface area contributed by atoms with Gasteiger partial charge in [-0.05, 0) is 52.4 Å². The Balaban J connectivity index is 1.74. The molecule has 0 atom stereocenters. The zero-order chi connectivity index (χ0) is 16.5. The highest BCUT2D eigenvalue weighted by Gasteiger charge is 2.23. The Morgan fingerprint density at radius 3 is 2.75 bits per heavy atom. The average Bonchev–Trinajstić information content (AvgIpc) is 3.18. The van der Waals surface area contributed by atoms with Crippen LogP contribution < -0.4 is 5.32 Å². The van der Waals surface area contributed by atoms with E-state index < -0.39 is 0 Å². The molecule has 1 fully saturated rings. The fourth-order valence-electron chi connectivity index (χ4n) is 3.46. The Hall–Kier alpha value is -1.66. The molecule has 1 aliphatic rings. The largest absolute Gasteiger partial charge is 0.307 e. The topological polar surface area (TPSA) is 46.9 Å². The quantitative estimate of drug-likeness (QED) is 0.616. The Bertz CT molecular complexity index is 879. The van der Waals surface area contributed by atoms with Gasteiger partial charge in [-0.2, -0.15) is 0 Å². The summed E-state index contributed by atoms with van der Waals surface area (Å²) in [4.78, 5) is 18.0. The van der Waals surface area contributed by atoms with Gasteiger partial charge in [0.15, 0.2) is 0 Å². The van der Waals surface area contributed by atoms with Gasteiger partial charge in [-0.1, -0.05) is 31.4 Å². The summed E-state index contributed by atoms with van der Waals surface area (Å²) in [6.45, 7) is 0. The van der Waals surface area contributed by atoms with Crippen molar-refractivity contribution in [2.24, 2.45) is 0 Å². The number of para-hydroxylation sites is 2. The summed E-state index contributed by atoms with van der Waals surface area (Å²) in [7, 11) is 0. The normalized spacial score (nSPS) is 15.7. The summed E-state index contributed by atoms with van der Waals surface area (Å²) >= 11 is 4.86. The number of halogens is 1. The number of benzene rings is 1. The molecule has 4 rings (SSSR count). The summed E-state index contributed by atoms with van der Waals surface area (Å²) in [5, 5.41) is 4.94. The van der Waals surface area contributed by atoms with E-state index in [1.54, 1.807) is 0 Å². The maximum Gasteiger partial charge on any atom is 0.269 e. The van der Waals surface area contributed by atoms with Crippen molar-refractivity contribution in [2.45, 2.75) is 38.1 Å². The summed E-state index contributed by atoms with van der Waals surface area (Å²) in [5.74, 6) is 0.553. The summed E-state index contributed by atoms with van der Waals surface area (Å²) in [6.07, 6.45) is 6.06. The number of rotatable bonds is 3. The lowest BCUT2D eigenvalue weighted by Crippen LogP contribution is -2.19. The van der Waals surface area contributed by atoms with E-state index in [0.29, 0.717) is 16.9 Å². The molecule has 0 bridgehead atoms. The number of fused-ring (bicyclic) bond motifs is 1. The molecule has 24 heavy (non-hydrogen) atoms. The predicted molar refractivity (Wildman–Crippen MR) is 102 cm³/mol. The van der Waals surface area contributed by atoms with E-state index in [4.69, 9.17) is 0 Å². The van der Waals surface area contributed by atoms with Gasteiger partial charge in [-0.25, -0.2) is 4.98 Å². The van der Waals surface area contributed by atoms with E-state index in [1.165, 1.54) is 30.6 Å². The minimum absolute atomic E-state index is 0.107. The molecule has 0 spiro atoms. The minimum atomic E-state index is -0.107. The monoisotopic (exact) mass is 403 g/mol. The van der Waals surface area contributed by atoms with Crippen LogP contribution in [0, 0.1) is 0 Å². The molecular weight excluding hydrogens is 386 g/mol. The Morgan fingerprint density at radius 2 is 2.00 bits per heavy atom. The van der Waals surface area contributed by atoms with Crippen LogP contribution in [-0.4, -0.2) is 15.5 Å². The molecule has 0 unspecified atom stereocenters. The number of aromatic nitrogens is 2. The number of amides is 1. The molecule has 3 aromatic rings. The van der Waals surface area contributed by atoms with Gasteiger partial charge in [0.25, 0.3) is 5.91 Å². The molecule has 1 amide bonds. The average molecular weight is 404 g/mol. The number of nitrogens with zero attached hydrogens (tertiary/aromatic N) is 2. The Morgan fingerprint density at radius 1 is 1.21 bits per heavy atom. The number of carbonyl (C=O) groups excluding carboxylic acids is 1. The number of imidazole rings is 1. The fourth-order valence-corrected chi connectivity index (χ4v) is 4.90. The maximum absolute atomic E-state index is 12.6. The first kappa shape index (κ1) is 15.8. The number of thiophene rings is 1. The molecule has 1 saturated carbocycles. The van der Waals surface area contributed by atoms with Crippen molar-refractivity contribution in [2.75, 3.05) is 5.32 Å². The summed E-state index contributed by atoms with van der Waals surface area (Å²) in [6, 6.07) is 10.4. The van der Waals surface area contributed by atoms with E-state index in [1.807, 2.05) is 29.6 Å². The van der Waals surface area contributed by atoms with Crippen LogP contribution in [0.15, 0.2) is 40.2 Å². The van der Waals surface area contributed by atoms with Crippen LogP contribution in [0.1, 0.15) is 47.8 Å². The molecule has 124 valence electrons. The lowest BCUT2D eigenvalue weighted by Gasteiger charge is -2.25. The highest BCUT2D eigenvalue weighted by molar-refractivity contribution is 9.10. The first-order chi connectivity index (χ1) is 11.7. The molecule has 0 saturated heterocycles. The van der Waals surface area contributed by atoms with E-state index in [0.717, 1.165) is 28.3 Å². The van der Waals surface area contributed by atoms with Crippen molar-refractivity contribution in [3.8, 4) is 0 Å². The second-order valence-corrected chi connectivity index (χ2v) is 7.91. The van der Waals surface area contributed by atoms with Gasteiger partial charge >= 0.3 is 0 Å². The first-order valence-corrected chi connectivity index (χ1v) is 9.92. The summed E-state index contributed by atoms with van der Waals surface area (Å²) < 4.78 is 3.05. The van der Waals surface area contributed by atoms with Crippen molar-refractivity contribution in [3.63, 3.8) is 0 Å². The van der Waals surface area contributed by atoms with Crippen LogP contribution in [-0.2, 0) is 0 Å². The molecular formula is C18H18BrN3OS. The van der Waals surface area contributed by atoms with Crippen molar-refractivity contribution >= 4 is 50.2 Å². The standard InChI is InChI=1S/C18H18BrN3OS/c19-13-10-11-24-16(13)17(23)21-18-20-14-8-4-5-9-15(14)22(18)12-6-2-1-3-7-12/h4-5,8-12H,1-3,6-7H2,(H,20,21,23). The number of nitrogens with one attached hydrogen (secondary N) is 1. The lowest BCUT2D eigenvalue weighted by atomic mass is 9.95. The molecule has 4 nitrogen and oxygen atoms in total. The number of carbonyl (C=O) groups is 1. The number of hydrogen-bond donors (Lipinski definition) is 1. The van der Waals surface area contributed by atoms with E-state index in [9.17, 15) is 4.79 Å². The third kappa shape index (κ3) is 2.89. The fraction of sp³-hybridized carbons (Fsp3) is 0.333. The van der Waals surface area contributed by atoms with Crippen molar-refractivity contribution < 1.29 is 4.79 Å². The van der Waals surface area contributed by atoms with Gasteiger partial charge < -0.3 is 4.57 Å². The van der Waals surface area contributed by atoms with Crippen molar-refractivity contribution in [1.29, 1.82) is 0 Å². The third-order valence-electron chi connectivity index (χ3n) is 4.58. The smallest absolute Gasteiger partial charge is 0.269 e. The third-order valence-corrected chi connectivity index (χ3v) is 6.42. The van der Waals surface area contributed by atoms with E-state index in [-0.39, 0.29) is 5.91 Å². The second-order valence-electron chi connectivity index (χ2n) is 6.14. The molecule has 2 heterocycles. The van der Waals surface area contributed by atoms with Crippen LogP contribution in [0.2, 0.25) is 0 Å². The molecule has 2 aromatic heterocycles. The lowest BCUT2D eigenvalue weighted by molar-refractivity contribution is 0.102. The first-order valence-electron chi connectivity index (χ1n) is 8.25. The van der Waals surface area contributed by atoms with Gasteiger partial charge in [-0.15, -0.1) is 11.3 Å². The zero-order valence-corrected chi connectivity index (χ0v) is 15.6. The maximum atomic E-state index is 12.6. The summed E-state index contributed by atoms with van der Waals surface area (Å²) in [5.41, 5.74) is 2.04. The molecule has 1 N–H and O–H groups in total. The SMILES string of the molecule is O=C(Nc1nc2ccccc2n1C1CCCCC1)c1sccc1Br. The van der Waals surface area contributed by atoms with E-state index in [2.05, 4.69) is 36.9 Å². The van der Waals surface area contributed by atoms with Gasteiger partial charge in [0.1, 0.15) is 4.88 Å². The van der Waals surface area contributed by atoms with Crippen LogP contribution in [0.4, 0.5) is 5.95 Å². The zero-order valence-electron chi connectivity index (χ0n) is 13.2. The minimum Gasteiger partial charge on any atom is -0.307 e. The van der Waals surface area contributed by atoms with Crippen LogP contribution >= 0.6 is 27.3 Å². The number of anilines is 1. The Labute approximate surface area is 153 Å². The molecule has 1 aromatic carbocycles. The van der Waals surface area contributed by atoms with Gasteiger partial charge in [0.05, 0.1) is 11.0 Å². The van der Waals surface area contributed by atoms with Crippen molar-refractivity contribution in [3.05, 3.63) is 45.1 Å². The van der Waals surface area contributed by atoms with E-state index >= 15 is 0 Å². The van der Waals surface area contributed by atoms with Gasteiger partial charge in [-0.3, -0.25) is 10.1 Å². The molecule has 0 radical (unpaired) electrons. The molecule has 0 aliphatic heterocycles. The Kier molecular flexibility index (Phi) is 4.41. The van der Waals surface area contributed by atoms with Crippen LogP contribution in [0.5, 0.6) is 0 Å². The molecule has 1 aliphatic carbocycles. The second kappa shape index (κ2) is 6.69. The van der Waals surface area contributed by atoms with Crippen LogP contribution in [0.3, 0.4) is 0 Å². The predicted octanol–water partition coefficient (Wildman–Crippen LogP) is 5.62. The highest BCUT2D eigenvalue weighted by atomic mass is 79.9. The number of hydrogen-bond acceptors (Lipinski definition) is 3. The highest BCUT2D eigenvalue weighted by Crippen LogP contribution is 2.34. The van der Waals surface area contributed by atoms with Gasteiger partial charge in [0.2, 0.25) is 5.95 Å². The van der Waals surface area contributed by atoms with Crippen LogP contribution in [0.25, 0.3) is 11.0 Å². The van der Waals surface area contributed by atoms with Gasteiger partial charge in [0, 0.05) is 10.5 Å². The molecule has 6 heteroatoms. The van der Waals surface area contributed by atoms with Crippen molar-refractivity contribution in [1.82, 2.24) is 9.55 Å².